The van der Waals surface area contributed by atoms with Gasteiger partial charge in [-0.15, -0.1) is 11.8 Å². The molecule has 2 aromatic rings. The van der Waals surface area contributed by atoms with Crippen molar-refractivity contribution in [2.75, 3.05) is 11.3 Å². The highest BCUT2D eigenvalue weighted by molar-refractivity contribution is 7.98. The molecule has 0 spiro atoms. The minimum absolute atomic E-state index is 0.0615. The van der Waals surface area contributed by atoms with Crippen molar-refractivity contribution in [2.24, 2.45) is 10.8 Å². The molecule has 1 aliphatic heterocycles. The lowest BCUT2D eigenvalue weighted by atomic mass is 10.0. The molecule has 0 saturated carbocycles. The van der Waals surface area contributed by atoms with E-state index in [1.165, 1.54) is 17.0 Å². The summed E-state index contributed by atoms with van der Waals surface area (Å²) < 4.78 is 13.1. The van der Waals surface area contributed by atoms with Gasteiger partial charge in [0.2, 0.25) is 0 Å². The molecule has 0 radical (unpaired) electrons. The van der Waals surface area contributed by atoms with Crippen LogP contribution in [0.4, 0.5) is 10.1 Å². The van der Waals surface area contributed by atoms with E-state index in [4.69, 9.17) is 5.73 Å². The first kappa shape index (κ1) is 13.9. The summed E-state index contributed by atoms with van der Waals surface area (Å²) in [4.78, 5) is 1.22. The molecule has 0 bridgehead atoms. The molecule has 0 aliphatic carbocycles. The molecule has 0 amide bonds. The Bertz CT molecular complexity index is 652. The Hall–Kier alpha value is -2.01. The third-order valence-electron chi connectivity index (χ3n) is 3.53. The monoisotopic (exact) mass is 301 g/mol. The first-order valence-electron chi connectivity index (χ1n) is 6.69. The van der Waals surface area contributed by atoms with Gasteiger partial charge in [0.05, 0.1) is 11.7 Å². The van der Waals surface area contributed by atoms with E-state index in [0.29, 0.717) is 12.3 Å². The minimum atomic E-state index is -0.254. The summed E-state index contributed by atoms with van der Waals surface area (Å²) >= 11 is 1.71. The van der Waals surface area contributed by atoms with E-state index in [1.54, 1.807) is 23.9 Å². The average Bonchev–Trinajstić information content (AvgIpc) is 2.90. The number of hydrogen-bond acceptors (Lipinski definition) is 4. The Balaban J connectivity index is 1.91. The summed E-state index contributed by atoms with van der Waals surface area (Å²) in [5.74, 6) is 0.342. The first-order chi connectivity index (χ1) is 10.2. The fraction of sp³-hybridized carbons (Fsp3) is 0.188. The van der Waals surface area contributed by atoms with Crippen LogP contribution in [0.2, 0.25) is 0 Å². The van der Waals surface area contributed by atoms with E-state index in [0.717, 1.165) is 11.3 Å². The van der Waals surface area contributed by atoms with Gasteiger partial charge in [0.25, 0.3) is 0 Å². The number of halogens is 1. The Morgan fingerprint density at radius 3 is 2.43 bits per heavy atom. The summed E-state index contributed by atoms with van der Waals surface area (Å²) in [6.07, 6.45) is 2.73. The van der Waals surface area contributed by atoms with Gasteiger partial charge in [-0.3, -0.25) is 5.01 Å². The number of hydrogen-bond donors (Lipinski definition) is 1. The molecule has 1 aliphatic rings. The number of nitrogens with zero attached hydrogens (tertiary/aromatic N) is 2. The third kappa shape index (κ3) is 2.88. The van der Waals surface area contributed by atoms with Crippen LogP contribution in [-0.2, 0) is 0 Å². The van der Waals surface area contributed by atoms with Crippen molar-refractivity contribution in [3.05, 3.63) is 59.9 Å². The van der Waals surface area contributed by atoms with Gasteiger partial charge in [-0.05, 0) is 48.2 Å². The molecule has 1 atom stereocenters. The van der Waals surface area contributed by atoms with Gasteiger partial charge in [0.15, 0.2) is 0 Å². The maximum Gasteiger partial charge on any atom is 0.123 e. The Kier molecular flexibility index (Phi) is 3.84. The molecule has 1 heterocycles. The van der Waals surface area contributed by atoms with Crippen molar-refractivity contribution in [1.29, 1.82) is 0 Å². The van der Waals surface area contributed by atoms with Crippen molar-refractivity contribution in [3.63, 3.8) is 0 Å². The second-order valence-corrected chi connectivity index (χ2v) is 5.79. The van der Waals surface area contributed by atoms with Crippen LogP contribution in [0.5, 0.6) is 0 Å². The van der Waals surface area contributed by atoms with Gasteiger partial charge in [-0.2, -0.15) is 5.10 Å². The van der Waals surface area contributed by atoms with E-state index >= 15 is 0 Å². The van der Waals surface area contributed by atoms with Crippen LogP contribution in [0.1, 0.15) is 18.0 Å². The molecule has 3 rings (SSSR count). The van der Waals surface area contributed by atoms with Gasteiger partial charge in [-0.25, -0.2) is 4.39 Å². The van der Waals surface area contributed by atoms with Gasteiger partial charge in [-0.1, -0.05) is 12.1 Å². The summed E-state index contributed by atoms with van der Waals surface area (Å²) in [6.45, 7) is 0. The Labute approximate surface area is 127 Å². The second-order valence-electron chi connectivity index (χ2n) is 4.91. The number of thioether (sulfide) groups is 1. The van der Waals surface area contributed by atoms with Crippen LogP contribution >= 0.6 is 11.8 Å². The van der Waals surface area contributed by atoms with E-state index < -0.39 is 0 Å². The van der Waals surface area contributed by atoms with E-state index in [9.17, 15) is 4.39 Å². The number of amidine groups is 1. The molecule has 0 aromatic heterocycles. The molecule has 108 valence electrons. The fourth-order valence-electron chi connectivity index (χ4n) is 2.45. The third-order valence-corrected chi connectivity index (χ3v) is 4.27. The first-order valence-corrected chi connectivity index (χ1v) is 7.91. The van der Waals surface area contributed by atoms with Crippen molar-refractivity contribution in [3.8, 4) is 0 Å². The zero-order valence-electron chi connectivity index (χ0n) is 11.7. The van der Waals surface area contributed by atoms with Gasteiger partial charge < -0.3 is 5.73 Å². The Morgan fingerprint density at radius 2 is 1.81 bits per heavy atom. The highest BCUT2D eigenvalue weighted by Crippen LogP contribution is 2.34. The van der Waals surface area contributed by atoms with Crippen molar-refractivity contribution in [1.82, 2.24) is 0 Å². The lowest BCUT2D eigenvalue weighted by Gasteiger charge is -2.24. The molecular formula is C16H16FN3S. The van der Waals surface area contributed by atoms with Gasteiger partial charge >= 0.3 is 0 Å². The largest absolute Gasteiger partial charge is 0.386 e. The van der Waals surface area contributed by atoms with E-state index in [2.05, 4.69) is 35.6 Å². The van der Waals surface area contributed by atoms with Crippen LogP contribution in [0.15, 0.2) is 58.5 Å². The summed E-state index contributed by atoms with van der Waals surface area (Å²) in [7, 11) is 0. The number of benzene rings is 2. The highest BCUT2D eigenvalue weighted by Gasteiger charge is 2.27. The standard InChI is InChI=1S/C16H16FN3S/c1-21-14-8-2-11(3-9-14)15-10-16(18)19-20(15)13-6-4-12(17)5-7-13/h2-9,15H,10H2,1H3,(H2,18,19). The molecular weight excluding hydrogens is 285 g/mol. The smallest absolute Gasteiger partial charge is 0.123 e. The Morgan fingerprint density at radius 1 is 1.14 bits per heavy atom. The van der Waals surface area contributed by atoms with Crippen LogP contribution in [0, 0.1) is 5.82 Å². The number of hydrazone groups is 1. The predicted molar refractivity (Wildman–Crippen MR) is 86.1 cm³/mol. The molecule has 2 N–H and O–H groups in total. The summed E-state index contributed by atoms with van der Waals surface area (Å²) in [5, 5.41) is 6.25. The van der Waals surface area contributed by atoms with E-state index in [1.807, 2.05) is 5.01 Å². The van der Waals surface area contributed by atoms with Crippen LogP contribution in [-0.4, -0.2) is 12.1 Å². The van der Waals surface area contributed by atoms with Gasteiger partial charge in [0, 0.05) is 11.3 Å². The lowest BCUT2D eigenvalue weighted by Crippen LogP contribution is -2.18. The molecule has 5 heteroatoms. The average molecular weight is 301 g/mol. The van der Waals surface area contributed by atoms with Gasteiger partial charge in [0.1, 0.15) is 11.7 Å². The quantitative estimate of drug-likeness (QED) is 0.877. The predicted octanol–water partition coefficient (Wildman–Crippen LogP) is 3.77. The number of anilines is 1. The normalized spacial score (nSPS) is 17.9. The molecule has 1 unspecified atom stereocenters. The van der Waals surface area contributed by atoms with Crippen molar-refractivity contribution in [2.45, 2.75) is 17.4 Å². The summed E-state index contributed by atoms with van der Waals surface area (Å²) in [5.41, 5.74) is 7.90. The van der Waals surface area contributed by atoms with Crippen molar-refractivity contribution < 1.29 is 4.39 Å². The number of rotatable bonds is 3. The summed E-state index contributed by atoms with van der Waals surface area (Å²) in [6, 6.07) is 14.8. The maximum atomic E-state index is 13.1. The molecule has 0 fully saturated rings. The zero-order valence-corrected chi connectivity index (χ0v) is 12.5. The van der Waals surface area contributed by atoms with Crippen LogP contribution in [0.25, 0.3) is 0 Å². The SMILES string of the molecule is CSc1ccc(C2CC(N)=NN2c2ccc(F)cc2)cc1. The number of nitrogens with two attached hydrogens (primary N) is 1. The molecule has 0 saturated heterocycles. The maximum absolute atomic E-state index is 13.1. The lowest BCUT2D eigenvalue weighted by molar-refractivity contribution is 0.626. The molecule has 2 aromatic carbocycles. The van der Waals surface area contributed by atoms with Crippen LogP contribution in [0.3, 0.4) is 0 Å². The topological polar surface area (TPSA) is 41.6 Å². The van der Waals surface area contributed by atoms with Crippen molar-refractivity contribution >= 4 is 23.3 Å². The fourth-order valence-corrected chi connectivity index (χ4v) is 2.86. The van der Waals surface area contributed by atoms with Crippen LogP contribution < -0.4 is 10.7 Å². The zero-order chi connectivity index (χ0) is 14.8. The highest BCUT2D eigenvalue weighted by atomic mass is 32.2. The van der Waals surface area contributed by atoms with E-state index in [-0.39, 0.29) is 11.9 Å². The minimum Gasteiger partial charge on any atom is -0.386 e. The molecule has 3 nitrogen and oxygen atoms in total. The molecule has 21 heavy (non-hydrogen) atoms. The second kappa shape index (κ2) is 5.77.